The van der Waals surface area contributed by atoms with Gasteiger partial charge in [0.2, 0.25) is 5.91 Å². The average molecular weight is 279 g/mol. The van der Waals surface area contributed by atoms with Crippen LogP contribution in [-0.2, 0) is 11.2 Å². The van der Waals surface area contributed by atoms with Gasteiger partial charge in [0, 0.05) is 18.1 Å². The molecule has 4 heteroatoms. The summed E-state index contributed by atoms with van der Waals surface area (Å²) in [6, 6.07) is 11.8. The SMILES string of the molecule is Cc1cccc(C)c1NC(=O)Cc1cn2ccccc2n1. The van der Waals surface area contributed by atoms with Crippen LogP contribution in [0.2, 0.25) is 0 Å². The van der Waals surface area contributed by atoms with Crippen LogP contribution in [0, 0.1) is 13.8 Å². The summed E-state index contributed by atoms with van der Waals surface area (Å²) in [5.74, 6) is -0.0455. The van der Waals surface area contributed by atoms with Gasteiger partial charge >= 0.3 is 0 Å². The summed E-state index contributed by atoms with van der Waals surface area (Å²) >= 11 is 0. The van der Waals surface area contributed by atoms with E-state index < -0.39 is 0 Å². The van der Waals surface area contributed by atoms with E-state index in [9.17, 15) is 4.79 Å². The highest BCUT2D eigenvalue weighted by Gasteiger charge is 2.10. The van der Waals surface area contributed by atoms with Crippen molar-refractivity contribution in [2.24, 2.45) is 0 Å². The maximum Gasteiger partial charge on any atom is 0.230 e. The smallest absolute Gasteiger partial charge is 0.230 e. The van der Waals surface area contributed by atoms with Gasteiger partial charge in [0.25, 0.3) is 0 Å². The molecule has 3 rings (SSSR count). The molecule has 2 heterocycles. The van der Waals surface area contributed by atoms with Gasteiger partial charge in [-0.05, 0) is 37.1 Å². The number of rotatable bonds is 3. The first kappa shape index (κ1) is 13.4. The van der Waals surface area contributed by atoms with E-state index in [1.807, 2.05) is 67.0 Å². The average Bonchev–Trinajstić information content (AvgIpc) is 2.85. The Kier molecular flexibility index (Phi) is 3.44. The molecule has 1 N–H and O–H groups in total. The Bertz CT molecular complexity index is 751. The molecule has 0 radical (unpaired) electrons. The third kappa shape index (κ3) is 2.79. The van der Waals surface area contributed by atoms with Crippen molar-refractivity contribution in [3.63, 3.8) is 0 Å². The molecule has 0 unspecified atom stereocenters. The maximum absolute atomic E-state index is 12.2. The second-order valence-corrected chi connectivity index (χ2v) is 5.19. The molecule has 0 fully saturated rings. The summed E-state index contributed by atoms with van der Waals surface area (Å²) in [6.07, 6.45) is 4.09. The van der Waals surface area contributed by atoms with Crippen molar-refractivity contribution in [2.75, 3.05) is 5.32 Å². The number of hydrogen-bond donors (Lipinski definition) is 1. The highest BCUT2D eigenvalue weighted by molar-refractivity contribution is 5.93. The van der Waals surface area contributed by atoms with Gasteiger partial charge in [-0.1, -0.05) is 24.3 Å². The number of fused-ring (bicyclic) bond motifs is 1. The predicted molar refractivity (Wildman–Crippen MR) is 83.4 cm³/mol. The summed E-state index contributed by atoms with van der Waals surface area (Å²) in [6.45, 7) is 3.99. The van der Waals surface area contributed by atoms with Gasteiger partial charge in [0.05, 0.1) is 12.1 Å². The number of nitrogens with one attached hydrogen (secondary N) is 1. The first-order valence-electron chi connectivity index (χ1n) is 6.92. The van der Waals surface area contributed by atoms with Crippen molar-refractivity contribution in [1.29, 1.82) is 0 Å². The van der Waals surface area contributed by atoms with Crippen LogP contribution < -0.4 is 5.32 Å². The van der Waals surface area contributed by atoms with E-state index in [4.69, 9.17) is 0 Å². The lowest BCUT2D eigenvalue weighted by Gasteiger charge is -2.10. The highest BCUT2D eigenvalue weighted by atomic mass is 16.1. The van der Waals surface area contributed by atoms with Crippen molar-refractivity contribution in [3.05, 3.63) is 65.6 Å². The number of aromatic nitrogens is 2. The van der Waals surface area contributed by atoms with E-state index in [1.165, 1.54) is 0 Å². The fraction of sp³-hybridized carbons (Fsp3) is 0.176. The molecule has 2 aromatic heterocycles. The minimum Gasteiger partial charge on any atom is -0.325 e. The zero-order chi connectivity index (χ0) is 14.8. The lowest BCUT2D eigenvalue weighted by atomic mass is 10.1. The summed E-state index contributed by atoms with van der Waals surface area (Å²) in [5, 5.41) is 2.98. The molecule has 0 atom stereocenters. The second-order valence-electron chi connectivity index (χ2n) is 5.19. The number of carbonyl (C=O) groups is 1. The van der Waals surface area contributed by atoms with E-state index in [1.54, 1.807) is 0 Å². The molecular weight excluding hydrogens is 262 g/mol. The number of hydrogen-bond acceptors (Lipinski definition) is 2. The molecule has 3 aromatic rings. The summed E-state index contributed by atoms with van der Waals surface area (Å²) < 4.78 is 1.92. The van der Waals surface area contributed by atoms with E-state index in [-0.39, 0.29) is 12.3 Å². The van der Waals surface area contributed by atoms with Crippen molar-refractivity contribution >= 4 is 17.2 Å². The Balaban J connectivity index is 1.77. The Hall–Kier alpha value is -2.62. The van der Waals surface area contributed by atoms with E-state index in [2.05, 4.69) is 10.3 Å². The zero-order valence-electron chi connectivity index (χ0n) is 12.1. The number of nitrogens with zero attached hydrogens (tertiary/aromatic N) is 2. The number of carbonyl (C=O) groups excluding carboxylic acids is 1. The first-order valence-corrected chi connectivity index (χ1v) is 6.92. The van der Waals surface area contributed by atoms with Gasteiger partial charge in [-0.3, -0.25) is 4.79 Å². The summed E-state index contributed by atoms with van der Waals surface area (Å²) in [4.78, 5) is 16.6. The number of anilines is 1. The largest absolute Gasteiger partial charge is 0.325 e. The molecule has 0 saturated heterocycles. The lowest BCUT2D eigenvalue weighted by Crippen LogP contribution is -2.16. The molecule has 0 bridgehead atoms. The van der Waals surface area contributed by atoms with E-state index in [0.29, 0.717) is 0 Å². The van der Waals surface area contributed by atoms with Gasteiger partial charge in [0.1, 0.15) is 5.65 Å². The fourth-order valence-corrected chi connectivity index (χ4v) is 2.43. The lowest BCUT2D eigenvalue weighted by molar-refractivity contribution is -0.115. The van der Waals surface area contributed by atoms with Crippen LogP contribution in [0.1, 0.15) is 16.8 Å². The van der Waals surface area contributed by atoms with Gasteiger partial charge in [-0.25, -0.2) is 4.98 Å². The monoisotopic (exact) mass is 279 g/mol. The summed E-state index contributed by atoms with van der Waals surface area (Å²) in [5.41, 5.74) is 4.65. The summed E-state index contributed by atoms with van der Waals surface area (Å²) in [7, 11) is 0. The molecule has 0 saturated carbocycles. The Morgan fingerprint density at radius 1 is 1.14 bits per heavy atom. The van der Waals surface area contributed by atoms with Crippen LogP contribution >= 0.6 is 0 Å². The standard InChI is InChI=1S/C17H17N3O/c1-12-6-5-7-13(2)17(12)19-16(21)10-14-11-20-9-4-3-8-15(20)18-14/h3-9,11H,10H2,1-2H3,(H,19,21). The maximum atomic E-state index is 12.2. The van der Waals surface area contributed by atoms with Crippen molar-refractivity contribution < 1.29 is 4.79 Å². The molecule has 106 valence electrons. The van der Waals surface area contributed by atoms with Crippen LogP contribution in [0.15, 0.2) is 48.8 Å². The normalized spacial score (nSPS) is 10.8. The Morgan fingerprint density at radius 3 is 2.62 bits per heavy atom. The minimum absolute atomic E-state index is 0.0455. The number of pyridine rings is 1. The number of imidazole rings is 1. The molecule has 4 nitrogen and oxygen atoms in total. The molecule has 21 heavy (non-hydrogen) atoms. The Labute approximate surface area is 123 Å². The fourth-order valence-electron chi connectivity index (χ4n) is 2.43. The molecule has 1 amide bonds. The third-order valence-corrected chi connectivity index (χ3v) is 3.50. The van der Waals surface area contributed by atoms with Crippen molar-refractivity contribution in [3.8, 4) is 0 Å². The first-order chi connectivity index (χ1) is 10.1. The van der Waals surface area contributed by atoms with Gasteiger partial charge in [-0.15, -0.1) is 0 Å². The topological polar surface area (TPSA) is 46.4 Å². The van der Waals surface area contributed by atoms with Gasteiger partial charge < -0.3 is 9.72 Å². The zero-order valence-corrected chi connectivity index (χ0v) is 12.1. The number of amides is 1. The quantitative estimate of drug-likeness (QED) is 0.800. The van der Waals surface area contributed by atoms with Gasteiger partial charge in [-0.2, -0.15) is 0 Å². The van der Waals surface area contributed by atoms with Crippen LogP contribution in [0.5, 0.6) is 0 Å². The number of benzene rings is 1. The predicted octanol–water partition coefficient (Wildman–Crippen LogP) is 3.13. The minimum atomic E-state index is -0.0455. The molecule has 0 aliphatic heterocycles. The van der Waals surface area contributed by atoms with Crippen molar-refractivity contribution in [2.45, 2.75) is 20.3 Å². The molecule has 1 aromatic carbocycles. The van der Waals surface area contributed by atoms with Gasteiger partial charge in [0.15, 0.2) is 0 Å². The molecule has 0 spiro atoms. The van der Waals surface area contributed by atoms with Crippen LogP contribution in [-0.4, -0.2) is 15.3 Å². The third-order valence-electron chi connectivity index (χ3n) is 3.50. The number of para-hydroxylation sites is 1. The highest BCUT2D eigenvalue weighted by Crippen LogP contribution is 2.19. The second kappa shape index (κ2) is 5.40. The molecule has 0 aliphatic rings. The van der Waals surface area contributed by atoms with Crippen molar-refractivity contribution in [1.82, 2.24) is 9.38 Å². The van der Waals surface area contributed by atoms with Crippen LogP contribution in [0.4, 0.5) is 5.69 Å². The van der Waals surface area contributed by atoms with Crippen LogP contribution in [0.25, 0.3) is 5.65 Å². The molecular formula is C17H17N3O. The van der Waals surface area contributed by atoms with E-state index >= 15 is 0 Å². The number of aryl methyl sites for hydroxylation is 2. The Morgan fingerprint density at radius 2 is 1.90 bits per heavy atom. The molecule has 0 aliphatic carbocycles. The van der Waals surface area contributed by atoms with Crippen LogP contribution in [0.3, 0.4) is 0 Å². The van der Waals surface area contributed by atoms with E-state index in [0.717, 1.165) is 28.2 Å².